The molecule has 0 saturated carbocycles. The topological polar surface area (TPSA) is 50.8 Å². The summed E-state index contributed by atoms with van der Waals surface area (Å²) >= 11 is 1.63. The lowest BCUT2D eigenvalue weighted by Crippen LogP contribution is -2.09. The highest BCUT2D eigenvalue weighted by atomic mass is 32.1. The van der Waals surface area contributed by atoms with Gasteiger partial charge >= 0.3 is 0 Å². The molecule has 1 aliphatic rings. The van der Waals surface area contributed by atoms with Crippen LogP contribution in [0.4, 0.5) is 17.1 Å². The average Bonchev–Trinajstić information content (AvgIpc) is 3.50. The Hall–Kier alpha value is -4.90. The van der Waals surface area contributed by atoms with Crippen LogP contribution >= 0.6 is 11.3 Å². The summed E-state index contributed by atoms with van der Waals surface area (Å²) in [6.45, 7) is 0. The molecule has 0 spiro atoms. The predicted molar refractivity (Wildman–Crippen MR) is 147 cm³/mol. The molecule has 0 radical (unpaired) electrons. The fraction of sp³-hybridized carbons (Fsp3) is 0. The fourth-order valence-electron chi connectivity index (χ4n) is 4.74. The van der Waals surface area contributed by atoms with E-state index in [9.17, 15) is 10.5 Å². The summed E-state index contributed by atoms with van der Waals surface area (Å²) in [5, 5.41) is 19.2. The molecule has 0 aliphatic heterocycles. The highest BCUT2D eigenvalue weighted by Gasteiger charge is 2.29. The van der Waals surface area contributed by atoms with E-state index in [1.165, 1.54) is 0 Å². The molecule has 0 amide bonds. The zero-order valence-corrected chi connectivity index (χ0v) is 20.0. The Morgan fingerprint density at radius 1 is 0.583 bits per heavy atom. The van der Waals surface area contributed by atoms with Gasteiger partial charge in [0.2, 0.25) is 0 Å². The molecule has 0 unspecified atom stereocenters. The molecule has 1 heterocycles. The highest BCUT2D eigenvalue weighted by Crippen LogP contribution is 2.51. The number of nitrogens with zero attached hydrogens (tertiary/aromatic N) is 3. The first kappa shape index (κ1) is 21.6. The molecule has 0 bridgehead atoms. The number of hydrogen-bond donors (Lipinski definition) is 0. The number of para-hydroxylation sites is 2. The maximum atomic E-state index is 9.60. The van der Waals surface area contributed by atoms with Gasteiger partial charge in [-0.15, -0.1) is 11.3 Å². The SMILES string of the molecule is N#CC(C#N)=C1c2ccccc2-c2cc(-c3ccc(N(c4ccccc4)c4ccccc4)cc3)sc21. The Morgan fingerprint density at radius 2 is 1.11 bits per heavy atom. The number of fused-ring (bicyclic) bond motifs is 3. The summed E-state index contributed by atoms with van der Waals surface area (Å²) in [6.07, 6.45) is 0. The molecule has 1 aromatic heterocycles. The molecule has 6 rings (SSSR count). The van der Waals surface area contributed by atoms with Crippen LogP contribution in [-0.4, -0.2) is 0 Å². The molecule has 36 heavy (non-hydrogen) atoms. The Morgan fingerprint density at radius 3 is 1.69 bits per heavy atom. The number of thiophene rings is 1. The molecule has 4 heteroatoms. The van der Waals surface area contributed by atoms with Gasteiger partial charge in [0.15, 0.2) is 0 Å². The fourth-order valence-corrected chi connectivity index (χ4v) is 5.98. The molecule has 0 N–H and O–H groups in total. The van der Waals surface area contributed by atoms with E-state index in [1.54, 1.807) is 11.3 Å². The first-order valence-corrected chi connectivity index (χ1v) is 12.4. The van der Waals surface area contributed by atoms with E-state index >= 15 is 0 Å². The van der Waals surface area contributed by atoms with Gasteiger partial charge in [-0.2, -0.15) is 10.5 Å². The molecule has 0 fully saturated rings. The van der Waals surface area contributed by atoms with Gasteiger partial charge < -0.3 is 4.90 Å². The van der Waals surface area contributed by atoms with Crippen molar-refractivity contribution < 1.29 is 0 Å². The highest BCUT2D eigenvalue weighted by molar-refractivity contribution is 7.17. The maximum absolute atomic E-state index is 9.60. The van der Waals surface area contributed by atoms with Gasteiger partial charge in [-0.1, -0.05) is 72.8 Å². The van der Waals surface area contributed by atoms with Crippen molar-refractivity contribution in [2.45, 2.75) is 0 Å². The zero-order chi connectivity index (χ0) is 24.5. The van der Waals surface area contributed by atoms with Crippen LogP contribution in [0.25, 0.3) is 27.1 Å². The number of nitriles is 2. The van der Waals surface area contributed by atoms with E-state index in [0.29, 0.717) is 0 Å². The molecule has 5 aromatic rings. The smallest absolute Gasteiger partial charge is 0.138 e. The van der Waals surface area contributed by atoms with Gasteiger partial charge in [0, 0.05) is 38.0 Å². The van der Waals surface area contributed by atoms with E-state index in [-0.39, 0.29) is 5.57 Å². The van der Waals surface area contributed by atoms with Gasteiger partial charge in [-0.05, 0) is 59.2 Å². The summed E-state index contributed by atoms with van der Waals surface area (Å²) in [4.78, 5) is 4.34. The average molecular weight is 478 g/mol. The monoisotopic (exact) mass is 477 g/mol. The molecule has 0 saturated heterocycles. The van der Waals surface area contributed by atoms with Crippen LogP contribution in [0.5, 0.6) is 0 Å². The summed E-state index contributed by atoms with van der Waals surface area (Å²) in [6, 6.07) is 43.6. The number of hydrogen-bond acceptors (Lipinski definition) is 4. The van der Waals surface area contributed by atoms with E-state index < -0.39 is 0 Å². The minimum Gasteiger partial charge on any atom is -0.311 e. The third kappa shape index (κ3) is 3.58. The van der Waals surface area contributed by atoms with Crippen molar-refractivity contribution in [3.63, 3.8) is 0 Å². The van der Waals surface area contributed by atoms with Crippen LogP contribution in [0.1, 0.15) is 10.4 Å². The molecule has 3 nitrogen and oxygen atoms in total. The Balaban J connectivity index is 1.42. The van der Waals surface area contributed by atoms with E-state index in [0.717, 1.165) is 54.6 Å². The Labute approximate surface area is 214 Å². The van der Waals surface area contributed by atoms with E-state index in [1.807, 2.05) is 54.6 Å². The first-order chi connectivity index (χ1) is 17.8. The number of anilines is 3. The van der Waals surface area contributed by atoms with Gasteiger partial charge in [-0.3, -0.25) is 0 Å². The van der Waals surface area contributed by atoms with Gasteiger partial charge in [0.05, 0.1) is 0 Å². The minimum absolute atomic E-state index is 0.159. The molecular weight excluding hydrogens is 458 g/mol. The van der Waals surface area contributed by atoms with Crippen molar-refractivity contribution in [2.24, 2.45) is 0 Å². The molecule has 1 aliphatic carbocycles. The largest absolute Gasteiger partial charge is 0.311 e. The Bertz CT molecular complexity index is 1630. The minimum atomic E-state index is 0.159. The summed E-state index contributed by atoms with van der Waals surface area (Å²) in [7, 11) is 0. The van der Waals surface area contributed by atoms with Crippen LogP contribution in [0.2, 0.25) is 0 Å². The molecule has 168 valence electrons. The van der Waals surface area contributed by atoms with Crippen molar-refractivity contribution in [1.82, 2.24) is 0 Å². The predicted octanol–water partition coefficient (Wildman–Crippen LogP) is 8.71. The van der Waals surface area contributed by atoms with Crippen LogP contribution in [0.3, 0.4) is 0 Å². The zero-order valence-electron chi connectivity index (χ0n) is 19.2. The second-order valence-electron chi connectivity index (χ2n) is 8.43. The van der Waals surface area contributed by atoms with Gasteiger partial charge in [-0.25, -0.2) is 0 Å². The van der Waals surface area contributed by atoms with Crippen molar-refractivity contribution in [1.29, 1.82) is 10.5 Å². The van der Waals surface area contributed by atoms with Crippen LogP contribution < -0.4 is 4.90 Å². The van der Waals surface area contributed by atoms with Crippen molar-refractivity contribution >= 4 is 34.0 Å². The second kappa shape index (κ2) is 9.04. The summed E-state index contributed by atoms with van der Waals surface area (Å²) < 4.78 is 0. The standard InChI is InChI=1S/C32H19N3S/c33-20-23(21-34)31-28-14-8-7-13-27(28)29-19-30(36-32(29)31)22-15-17-26(18-16-22)35(24-9-3-1-4-10-24)25-11-5-2-6-12-25/h1-19H. The van der Waals surface area contributed by atoms with E-state index in [2.05, 4.69) is 77.7 Å². The molecular formula is C32H19N3S. The van der Waals surface area contributed by atoms with Crippen LogP contribution in [0, 0.1) is 22.7 Å². The summed E-state index contributed by atoms with van der Waals surface area (Å²) in [5.41, 5.74) is 8.39. The van der Waals surface area contributed by atoms with E-state index in [4.69, 9.17) is 0 Å². The third-order valence-corrected chi connectivity index (χ3v) is 7.56. The quantitative estimate of drug-likeness (QED) is 0.239. The number of allylic oxidation sites excluding steroid dienone is 1. The van der Waals surface area contributed by atoms with Crippen LogP contribution in [0.15, 0.2) is 121 Å². The molecule has 0 atom stereocenters. The molecule has 4 aromatic carbocycles. The Kier molecular flexibility index (Phi) is 5.43. The first-order valence-electron chi connectivity index (χ1n) is 11.6. The maximum Gasteiger partial charge on any atom is 0.138 e. The second-order valence-corrected chi connectivity index (χ2v) is 9.48. The lowest BCUT2D eigenvalue weighted by molar-refractivity contribution is 1.28. The van der Waals surface area contributed by atoms with Gasteiger partial charge in [0.25, 0.3) is 0 Å². The third-order valence-electron chi connectivity index (χ3n) is 6.36. The summed E-state index contributed by atoms with van der Waals surface area (Å²) in [5.74, 6) is 0. The number of rotatable bonds is 4. The van der Waals surface area contributed by atoms with Crippen molar-refractivity contribution in [3.05, 3.63) is 131 Å². The lowest BCUT2D eigenvalue weighted by Gasteiger charge is -2.25. The van der Waals surface area contributed by atoms with Crippen LogP contribution in [-0.2, 0) is 0 Å². The lowest BCUT2D eigenvalue weighted by atomic mass is 10.0. The van der Waals surface area contributed by atoms with Gasteiger partial charge in [0.1, 0.15) is 17.7 Å². The van der Waals surface area contributed by atoms with Crippen molar-refractivity contribution in [3.8, 4) is 33.7 Å². The van der Waals surface area contributed by atoms with Crippen molar-refractivity contribution in [2.75, 3.05) is 4.90 Å². The number of benzene rings is 4. The normalized spacial score (nSPS) is 11.2.